The van der Waals surface area contributed by atoms with Crippen LogP contribution in [0.3, 0.4) is 0 Å². The molecule has 1 fully saturated rings. The van der Waals surface area contributed by atoms with Crippen LogP contribution < -0.4 is 4.74 Å². The van der Waals surface area contributed by atoms with Gasteiger partial charge in [0.2, 0.25) is 10.0 Å². The summed E-state index contributed by atoms with van der Waals surface area (Å²) < 4.78 is 44.0. The van der Waals surface area contributed by atoms with Crippen molar-refractivity contribution in [3.63, 3.8) is 0 Å². The van der Waals surface area contributed by atoms with Crippen molar-refractivity contribution in [1.82, 2.24) is 9.46 Å². The topological polar surface area (TPSA) is 98.9 Å². The van der Waals surface area contributed by atoms with Crippen molar-refractivity contribution >= 4 is 16.0 Å². The molecule has 0 aliphatic carbocycles. The molecule has 1 aliphatic heterocycles. The van der Waals surface area contributed by atoms with Crippen LogP contribution in [0, 0.1) is 0 Å². The zero-order valence-corrected chi connectivity index (χ0v) is 18.7. The highest BCUT2D eigenvalue weighted by Gasteiger charge is 2.35. The second kappa shape index (κ2) is 9.13. The predicted octanol–water partition coefficient (Wildman–Crippen LogP) is 3.71. The first-order valence-electron chi connectivity index (χ1n) is 10.3. The van der Waals surface area contributed by atoms with Crippen molar-refractivity contribution in [3.8, 4) is 17.1 Å². The maximum absolute atomic E-state index is 13.5. The summed E-state index contributed by atoms with van der Waals surface area (Å²) in [4.78, 5) is 11.9. The molecule has 1 saturated heterocycles. The largest absolute Gasteiger partial charge is 0.495 e. The van der Waals surface area contributed by atoms with E-state index in [1.54, 1.807) is 19.1 Å². The molecule has 1 aliphatic rings. The lowest BCUT2D eigenvalue weighted by Crippen LogP contribution is -2.29. The summed E-state index contributed by atoms with van der Waals surface area (Å²) in [6.07, 6.45) is 0.746. The highest BCUT2D eigenvalue weighted by molar-refractivity contribution is 7.89. The van der Waals surface area contributed by atoms with Crippen molar-refractivity contribution in [1.29, 1.82) is 0 Å². The van der Waals surface area contributed by atoms with Gasteiger partial charge in [-0.25, -0.2) is 13.2 Å². The lowest BCUT2D eigenvalue weighted by atomic mass is 9.99. The summed E-state index contributed by atoms with van der Waals surface area (Å²) in [5.41, 5.74) is 1.61. The van der Waals surface area contributed by atoms with Crippen LogP contribution in [-0.2, 0) is 14.8 Å². The van der Waals surface area contributed by atoms with Gasteiger partial charge >= 0.3 is 5.97 Å². The Bertz CT molecular complexity index is 1210. The molecule has 0 radical (unpaired) electrons. The number of aromatic nitrogens is 1. The Labute approximate surface area is 186 Å². The summed E-state index contributed by atoms with van der Waals surface area (Å²) in [7, 11) is -2.39. The maximum atomic E-state index is 13.5. The minimum atomic E-state index is -3.82. The van der Waals surface area contributed by atoms with Crippen LogP contribution in [0.4, 0.5) is 0 Å². The predicted molar refractivity (Wildman–Crippen MR) is 117 cm³/mol. The van der Waals surface area contributed by atoms with E-state index in [0.29, 0.717) is 18.7 Å². The van der Waals surface area contributed by atoms with Gasteiger partial charge in [0.05, 0.1) is 13.7 Å². The number of carbonyl (C=O) groups is 1. The molecule has 8 nitrogen and oxygen atoms in total. The van der Waals surface area contributed by atoms with Crippen molar-refractivity contribution in [2.24, 2.45) is 0 Å². The molecule has 168 valence electrons. The molecule has 0 saturated carbocycles. The molecule has 0 N–H and O–H groups in total. The first-order chi connectivity index (χ1) is 15.4. The van der Waals surface area contributed by atoms with Gasteiger partial charge in [-0.3, -0.25) is 0 Å². The van der Waals surface area contributed by atoms with Crippen molar-refractivity contribution in [2.75, 3.05) is 26.8 Å². The zero-order chi connectivity index (χ0) is 22.7. The average molecular weight is 457 g/mol. The van der Waals surface area contributed by atoms with Crippen LogP contribution in [0.25, 0.3) is 11.3 Å². The number of hydrogen-bond acceptors (Lipinski definition) is 7. The molecule has 9 heteroatoms. The first kappa shape index (κ1) is 22.0. The number of nitrogens with zero attached hydrogens (tertiary/aromatic N) is 2. The number of esters is 1. The van der Waals surface area contributed by atoms with Gasteiger partial charge in [-0.05, 0) is 43.0 Å². The number of benzene rings is 2. The summed E-state index contributed by atoms with van der Waals surface area (Å²) in [6.45, 7) is 2.73. The maximum Gasteiger partial charge on any atom is 0.360 e. The van der Waals surface area contributed by atoms with E-state index in [0.717, 1.165) is 12.0 Å². The zero-order valence-electron chi connectivity index (χ0n) is 17.9. The molecule has 0 amide bonds. The Morgan fingerprint density at radius 1 is 1.19 bits per heavy atom. The van der Waals surface area contributed by atoms with Gasteiger partial charge in [-0.2, -0.15) is 4.31 Å². The molecular formula is C23H24N2O6S. The standard InChI is InChI=1S/C23H24N2O6S/c1-3-30-23(26)19-14-21(31-24-19)17-9-10-20(29-2)22(13-17)32(27,28)25-12-11-18(15-25)16-7-5-4-6-8-16/h4-10,13-14,18H,3,11-12,15H2,1-2H3/t18-/m0/s1. The van der Waals surface area contributed by atoms with E-state index in [1.807, 2.05) is 30.3 Å². The molecule has 1 aromatic heterocycles. The number of sulfonamides is 1. The Morgan fingerprint density at radius 3 is 2.69 bits per heavy atom. The second-order valence-corrected chi connectivity index (χ2v) is 9.33. The van der Waals surface area contributed by atoms with E-state index in [1.165, 1.54) is 23.5 Å². The van der Waals surface area contributed by atoms with Gasteiger partial charge < -0.3 is 14.0 Å². The van der Waals surface area contributed by atoms with Crippen LogP contribution in [0.15, 0.2) is 64.0 Å². The van der Waals surface area contributed by atoms with Gasteiger partial charge in [0, 0.05) is 24.7 Å². The minimum Gasteiger partial charge on any atom is -0.495 e. The van der Waals surface area contributed by atoms with E-state index in [-0.39, 0.29) is 34.6 Å². The summed E-state index contributed by atoms with van der Waals surface area (Å²) >= 11 is 0. The van der Waals surface area contributed by atoms with E-state index in [2.05, 4.69) is 5.16 Å². The quantitative estimate of drug-likeness (QED) is 0.500. The van der Waals surface area contributed by atoms with Gasteiger partial charge in [0.15, 0.2) is 11.5 Å². The molecule has 2 heterocycles. The Balaban J connectivity index is 1.63. The van der Waals surface area contributed by atoms with E-state index in [4.69, 9.17) is 14.0 Å². The van der Waals surface area contributed by atoms with E-state index in [9.17, 15) is 13.2 Å². The van der Waals surface area contributed by atoms with Crippen molar-refractivity contribution < 1.29 is 27.2 Å². The molecular weight excluding hydrogens is 432 g/mol. The molecule has 1 atom stereocenters. The third-order valence-electron chi connectivity index (χ3n) is 5.48. The minimum absolute atomic E-state index is 0.0207. The fraction of sp³-hybridized carbons (Fsp3) is 0.304. The lowest BCUT2D eigenvalue weighted by Gasteiger charge is -2.19. The molecule has 0 spiro atoms. The first-order valence-corrected chi connectivity index (χ1v) is 11.8. The fourth-order valence-corrected chi connectivity index (χ4v) is 5.51. The number of rotatable bonds is 7. The lowest BCUT2D eigenvalue weighted by molar-refractivity contribution is 0.0514. The summed E-state index contributed by atoms with van der Waals surface area (Å²) in [5, 5.41) is 3.73. The summed E-state index contributed by atoms with van der Waals surface area (Å²) in [6, 6.07) is 16.0. The molecule has 0 bridgehead atoms. The van der Waals surface area contributed by atoms with Crippen molar-refractivity contribution in [3.05, 3.63) is 65.9 Å². The van der Waals surface area contributed by atoms with Gasteiger partial charge in [-0.15, -0.1) is 0 Å². The van der Waals surface area contributed by atoms with Crippen LogP contribution in [0.2, 0.25) is 0 Å². The number of ether oxygens (including phenoxy) is 2. The monoisotopic (exact) mass is 456 g/mol. The average Bonchev–Trinajstić information content (AvgIpc) is 3.50. The molecule has 32 heavy (non-hydrogen) atoms. The third kappa shape index (κ3) is 4.26. The SMILES string of the molecule is CCOC(=O)c1cc(-c2ccc(OC)c(S(=O)(=O)N3CC[C@H](c4ccccc4)C3)c2)on1. The normalized spacial score (nSPS) is 16.8. The van der Waals surface area contributed by atoms with Crippen LogP contribution in [0.5, 0.6) is 5.75 Å². The Morgan fingerprint density at radius 2 is 1.97 bits per heavy atom. The van der Waals surface area contributed by atoms with Crippen LogP contribution >= 0.6 is 0 Å². The number of methoxy groups -OCH3 is 1. The van der Waals surface area contributed by atoms with E-state index >= 15 is 0 Å². The molecule has 2 aromatic carbocycles. The third-order valence-corrected chi connectivity index (χ3v) is 7.37. The highest BCUT2D eigenvalue weighted by Crippen LogP contribution is 2.36. The number of carbonyl (C=O) groups excluding carboxylic acids is 1. The van der Waals surface area contributed by atoms with Crippen LogP contribution in [0.1, 0.15) is 35.3 Å². The van der Waals surface area contributed by atoms with Crippen molar-refractivity contribution in [2.45, 2.75) is 24.2 Å². The van der Waals surface area contributed by atoms with Gasteiger partial charge in [0.1, 0.15) is 10.6 Å². The van der Waals surface area contributed by atoms with E-state index < -0.39 is 16.0 Å². The number of hydrogen-bond donors (Lipinski definition) is 0. The summed E-state index contributed by atoms with van der Waals surface area (Å²) in [5.74, 6) is 0.0345. The molecule has 4 rings (SSSR count). The van der Waals surface area contributed by atoms with Gasteiger partial charge in [-0.1, -0.05) is 35.5 Å². The Hall–Kier alpha value is -3.17. The second-order valence-electron chi connectivity index (χ2n) is 7.42. The van der Waals surface area contributed by atoms with Crippen LogP contribution in [-0.4, -0.2) is 50.7 Å². The molecule has 3 aromatic rings. The smallest absolute Gasteiger partial charge is 0.360 e. The highest BCUT2D eigenvalue weighted by atomic mass is 32.2. The fourth-order valence-electron chi connectivity index (χ4n) is 3.83. The molecule has 0 unspecified atom stereocenters. The Kier molecular flexibility index (Phi) is 6.29. The van der Waals surface area contributed by atoms with Gasteiger partial charge in [0.25, 0.3) is 0 Å².